The van der Waals surface area contributed by atoms with Crippen LogP contribution in [0.25, 0.3) is 22.2 Å². The molecule has 0 bridgehead atoms. The van der Waals surface area contributed by atoms with Gasteiger partial charge in [-0.25, -0.2) is 4.98 Å². The number of carbonyl (C=O) groups excluding carboxylic acids is 1. The first kappa shape index (κ1) is 16.5. The maximum Gasteiger partial charge on any atom is 0.252 e. The third kappa shape index (κ3) is 3.57. The normalized spacial score (nSPS) is 10.8. The van der Waals surface area contributed by atoms with Gasteiger partial charge in [0.25, 0.3) is 5.91 Å². The highest BCUT2D eigenvalue weighted by molar-refractivity contribution is 6.30. The molecule has 0 unspecified atom stereocenters. The Kier molecular flexibility index (Phi) is 5.11. The molecule has 1 aromatic heterocycles. The third-order valence-electron chi connectivity index (χ3n) is 3.92. The van der Waals surface area contributed by atoms with E-state index in [0.717, 1.165) is 35.0 Å². The Morgan fingerprint density at radius 2 is 1.88 bits per heavy atom. The minimum absolute atomic E-state index is 0.0581. The smallest absolute Gasteiger partial charge is 0.252 e. The van der Waals surface area contributed by atoms with Crippen LogP contribution in [-0.4, -0.2) is 17.4 Å². The van der Waals surface area contributed by atoms with E-state index in [2.05, 4.69) is 12.2 Å². The fourth-order valence-corrected chi connectivity index (χ4v) is 2.73. The Labute approximate surface area is 146 Å². The molecule has 0 saturated carbocycles. The first-order valence-corrected chi connectivity index (χ1v) is 8.51. The van der Waals surface area contributed by atoms with Gasteiger partial charge < -0.3 is 5.32 Å². The van der Waals surface area contributed by atoms with Crippen LogP contribution in [-0.2, 0) is 0 Å². The van der Waals surface area contributed by atoms with Crippen LogP contribution in [0.15, 0.2) is 54.6 Å². The lowest BCUT2D eigenvalue weighted by Gasteiger charge is -2.10. The fourth-order valence-electron chi connectivity index (χ4n) is 2.61. The number of fused-ring (bicyclic) bond motifs is 1. The quantitative estimate of drug-likeness (QED) is 0.659. The summed E-state index contributed by atoms with van der Waals surface area (Å²) in [6.07, 6.45) is 2.02. The zero-order valence-corrected chi connectivity index (χ0v) is 14.3. The second-order valence-electron chi connectivity index (χ2n) is 5.69. The van der Waals surface area contributed by atoms with Crippen LogP contribution in [0.1, 0.15) is 30.1 Å². The number of hydrogen-bond donors (Lipinski definition) is 1. The molecular formula is C20H19ClN2O. The van der Waals surface area contributed by atoms with Crippen molar-refractivity contribution in [1.29, 1.82) is 0 Å². The van der Waals surface area contributed by atoms with E-state index in [1.54, 1.807) is 0 Å². The summed E-state index contributed by atoms with van der Waals surface area (Å²) in [4.78, 5) is 17.3. The zero-order valence-electron chi connectivity index (χ0n) is 13.6. The van der Waals surface area contributed by atoms with E-state index in [1.165, 1.54) is 0 Å². The monoisotopic (exact) mass is 338 g/mol. The van der Waals surface area contributed by atoms with E-state index in [4.69, 9.17) is 16.6 Å². The number of unbranched alkanes of at least 4 members (excludes halogenated alkanes) is 1. The predicted molar refractivity (Wildman–Crippen MR) is 99.4 cm³/mol. The minimum atomic E-state index is -0.0581. The SMILES string of the molecule is CCCCNC(=O)c1cc(-c2ccc(Cl)cc2)nc2ccccc12. The van der Waals surface area contributed by atoms with Crippen LogP contribution >= 0.6 is 11.6 Å². The van der Waals surface area contributed by atoms with Crippen LogP contribution in [0.3, 0.4) is 0 Å². The van der Waals surface area contributed by atoms with E-state index in [1.807, 2.05) is 54.6 Å². The van der Waals surface area contributed by atoms with Gasteiger partial charge in [0.05, 0.1) is 16.8 Å². The van der Waals surface area contributed by atoms with E-state index in [9.17, 15) is 4.79 Å². The average molecular weight is 339 g/mol. The molecule has 1 N–H and O–H groups in total. The van der Waals surface area contributed by atoms with Gasteiger partial charge in [0.2, 0.25) is 0 Å². The van der Waals surface area contributed by atoms with Crippen molar-refractivity contribution in [3.05, 3.63) is 65.2 Å². The molecule has 0 saturated heterocycles. The molecule has 0 aliphatic rings. The fraction of sp³-hybridized carbons (Fsp3) is 0.200. The first-order valence-electron chi connectivity index (χ1n) is 8.13. The Hall–Kier alpha value is -2.39. The van der Waals surface area contributed by atoms with E-state index >= 15 is 0 Å². The number of amides is 1. The van der Waals surface area contributed by atoms with Crippen LogP contribution in [0.4, 0.5) is 0 Å². The number of halogens is 1. The average Bonchev–Trinajstić information content (AvgIpc) is 2.61. The summed E-state index contributed by atoms with van der Waals surface area (Å²) in [7, 11) is 0. The van der Waals surface area contributed by atoms with Crippen molar-refractivity contribution in [2.24, 2.45) is 0 Å². The van der Waals surface area contributed by atoms with Crippen molar-refractivity contribution in [2.75, 3.05) is 6.54 Å². The predicted octanol–water partition coefficient (Wildman–Crippen LogP) is 5.09. The van der Waals surface area contributed by atoms with Gasteiger partial charge in [0.15, 0.2) is 0 Å². The van der Waals surface area contributed by atoms with E-state index in [-0.39, 0.29) is 5.91 Å². The third-order valence-corrected chi connectivity index (χ3v) is 4.17. The molecule has 0 radical (unpaired) electrons. The van der Waals surface area contributed by atoms with Crippen LogP contribution in [0.5, 0.6) is 0 Å². The van der Waals surface area contributed by atoms with Crippen LogP contribution in [0, 0.1) is 0 Å². The molecule has 1 heterocycles. The van der Waals surface area contributed by atoms with Gasteiger partial charge in [0, 0.05) is 22.5 Å². The van der Waals surface area contributed by atoms with Crippen molar-refractivity contribution in [3.63, 3.8) is 0 Å². The van der Waals surface area contributed by atoms with Gasteiger partial charge in [0.1, 0.15) is 0 Å². The minimum Gasteiger partial charge on any atom is -0.352 e. The molecule has 0 atom stereocenters. The number of para-hydroxylation sites is 1. The highest BCUT2D eigenvalue weighted by atomic mass is 35.5. The summed E-state index contributed by atoms with van der Waals surface area (Å²) < 4.78 is 0. The molecule has 0 aliphatic heterocycles. The van der Waals surface area contributed by atoms with Crippen molar-refractivity contribution in [3.8, 4) is 11.3 Å². The molecule has 3 aromatic rings. The lowest BCUT2D eigenvalue weighted by atomic mass is 10.0. The summed E-state index contributed by atoms with van der Waals surface area (Å²) in [5, 5.41) is 4.53. The number of nitrogens with one attached hydrogen (secondary N) is 1. The highest BCUT2D eigenvalue weighted by Crippen LogP contribution is 2.25. The number of hydrogen-bond acceptors (Lipinski definition) is 2. The number of nitrogens with zero attached hydrogens (tertiary/aromatic N) is 1. The maximum atomic E-state index is 12.6. The Balaban J connectivity index is 2.05. The number of pyridine rings is 1. The maximum absolute atomic E-state index is 12.6. The van der Waals surface area contributed by atoms with Gasteiger partial charge >= 0.3 is 0 Å². The van der Waals surface area contributed by atoms with Crippen molar-refractivity contribution < 1.29 is 4.79 Å². The molecule has 3 nitrogen and oxygen atoms in total. The summed E-state index contributed by atoms with van der Waals surface area (Å²) >= 11 is 5.96. The molecule has 24 heavy (non-hydrogen) atoms. The molecule has 1 amide bonds. The molecule has 2 aromatic carbocycles. The second kappa shape index (κ2) is 7.45. The standard InChI is InChI=1S/C20H19ClN2O/c1-2-3-12-22-20(24)17-13-19(14-8-10-15(21)11-9-14)23-18-7-5-4-6-16(17)18/h4-11,13H,2-3,12H2,1H3,(H,22,24). The molecule has 4 heteroatoms. The van der Waals surface area contributed by atoms with Crippen LogP contribution in [0.2, 0.25) is 5.02 Å². The van der Waals surface area contributed by atoms with Crippen molar-refractivity contribution >= 4 is 28.4 Å². The van der Waals surface area contributed by atoms with Gasteiger partial charge in [-0.2, -0.15) is 0 Å². The lowest BCUT2D eigenvalue weighted by molar-refractivity contribution is 0.0955. The van der Waals surface area contributed by atoms with Gasteiger partial charge in [-0.05, 0) is 30.7 Å². The lowest BCUT2D eigenvalue weighted by Crippen LogP contribution is -2.24. The molecule has 0 spiro atoms. The largest absolute Gasteiger partial charge is 0.352 e. The topological polar surface area (TPSA) is 42.0 Å². The summed E-state index contributed by atoms with van der Waals surface area (Å²) in [6.45, 7) is 2.79. The summed E-state index contributed by atoms with van der Waals surface area (Å²) in [5.41, 5.74) is 3.17. The van der Waals surface area contributed by atoms with E-state index in [0.29, 0.717) is 17.1 Å². The second-order valence-corrected chi connectivity index (χ2v) is 6.12. The molecule has 0 fully saturated rings. The Morgan fingerprint density at radius 1 is 1.12 bits per heavy atom. The van der Waals surface area contributed by atoms with E-state index < -0.39 is 0 Å². The van der Waals surface area contributed by atoms with Gasteiger partial charge in [-0.1, -0.05) is 55.3 Å². The number of carbonyl (C=O) groups is 1. The van der Waals surface area contributed by atoms with Gasteiger partial charge in [-0.15, -0.1) is 0 Å². The van der Waals surface area contributed by atoms with Crippen LogP contribution < -0.4 is 5.32 Å². The van der Waals surface area contributed by atoms with Gasteiger partial charge in [-0.3, -0.25) is 4.79 Å². The molecule has 0 aliphatic carbocycles. The highest BCUT2D eigenvalue weighted by Gasteiger charge is 2.13. The Bertz CT molecular complexity index is 859. The number of benzene rings is 2. The molecule has 3 rings (SSSR count). The number of aromatic nitrogens is 1. The zero-order chi connectivity index (χ0) is 16.9. The Morgan fingerprint density at radius 3 is 2.62 bits per heavy atom. The van der Waals surface area contributed by atoms with Crippen molar-refractivity contribution in [1.82, 2.24) is 10.3 Å². The first-order chi connectivity index (χ1) is 11.7. The van der Waals surface area contributed by atoms with Crippen molar-refractivity contribution in [2.45, 2.75) is 19.8 Å². The summed E-state index contributed by atoms with van der Waals surface area (Å²) in [6, 6.07) is 17.1. The number of rotatable bonds is 5. The molecular weight excluding hydrogens is 320 g/mol. The summed E-state index contributed by atoms with van der Waals surface area (Å²) in [5.74, 6) is -0.0581. The molecule has 122 valence electrons.